The van der Waals surface area contributed by atoms with Crippen molar-refractivity contribution in [1.29, 1.82) is 0 Å². The number of hydrogen-bond donors (Lipinski definition) is 1. The zero-order valence-electron chi connectivity index (χ0n) is 10.5. The lowest BCUT2D eigenvalue weighted by atomic mass is 10.0. The van der Waals surface area contributed by atoms with E-state index in [1.54, 1.807) is 0 Å². The van der Waals surface area contributed by atoms with E-state index < -0.39 is 0 Å². The zero-order chi connectivity index (χ0) is 11.8. The van der Waals surface area contributed by atoms with E-state index in [2.05, 4.69) is 10.2 Å². The number of carbonyl (C=O) groups is 1. The van der Waals surface area contributed by atoms with Gasteiger partial charge in [-0.15, -0.1) is 0 Å². The molecule has 0 amide bonds. The smallest absolute Gasteiger partial charge is 0.323 e. The fraction of sp³-hybridized carbons (Fsp3) is 0.923. The molecule has 4 heteroatoms. The molecule has 0 radical (unpaired) electrons. The molecular weight excluding hydrogens is 216 g/mol. The van der Waals surface area contributed by atoms with E-state index >= 15 is 0 Å². The van der Waals surface area contributed by atoms with E-state index in [4.69, 9.17) is 4.74 Å². The minimum absolute atomic E-state index is 0.0299. The van der Waals surface area contributed by atoms with Crippen LogP contribution in [0.4, 0.5) is 0 Å². The molecule has 0 aromatic carbocycles. The fourth-order valence-corrected chi connectivity index (χ4v) is 4.02. The molecule has 0 aromatic rings. The number of nitrogens with zero attached hydrogens (tertiary/aromatic N) is 1. The number of hydrogen-bond acceptors (Lipinski definition) is 4. The third-order valence-corrected chi connectivity index (χ3v) is 4.87. The van der Waals surface area contributed by atoms with Crippen LogP contribution in [0.15, 0.2) is 0 Å². The van der Waals surface area contributed by atoms with Crippen LogP contribution in [0.5, 0.6) is 0 Å². The van der Waals surface area contributed by atoms with Crippen LogP contribution >= 0.6 is 0 Å². The molecule has 1 unspecified atom stereocenters. The zero-order valence-corrected chi connectivity index (χ0v) is 10.5. The van der Waals surface area contributed by atoms with Gasteiger partial charge < -0.3 is 10.1 Å². The van der Waals surface area contributed by atoms with Gasteiger partial charge in [0.2, 0.25) is 0 Å². The summed E-state index contributed by atoms with van der Waals surface area (Å²) >= 11 is 0. The van der Waals surface area contributed by atoms with Gasteiger partial charge in [0.25, 0.3) is 0 Å². The van der Waals surface area contributed by atoms with E-state index in [1.165, 1.54) is 33.0 Å². The molecule has 96 valence electrons. The number of rotatable bonds is 2. The van der Waals surface area contributed by atoms with Crippen molar-refractivity contribution < 1.29 is 9.53 Å². The van der Waals surface area contributed by atoms with Crippen molar-refractivity contribution in [2.45, 2.75) is 37.8 Å². The van der Waals surface area contributed by atoms with Crippen LogP contribution < -0.4 is 5.32 Å². The maximum absolute atomic E-state index is 11.8. The summed E-state index contributed by atoms with van der Waals surface area (Å²) in [4.78, 5) is 14.2. The fourth-order valence-electron chi connectivity index (χ4n) is 4.02. The lowest BCUT2D eigenvalue weighted by molar-refractivity contribution is -0.146. The summed E-state index contributed by atoms with van der Waals surface area (Å²) in [5.41, 5.74) is 0. The molecule has 4 nitrogen and oxygen atoms in total. The van der Waals surface area contributed by atoms with Crippen molar-refractivity contribution in [1.82, 2.24) is 10.2 Å². The molecule has 3 fully saturated rings. The van der Waals surface area contributed by atoms with E-state index in [9.17, 15) is 4.79 Å². The van der Waals surface area contributed by atoms with Gasteiger partial charge in [0.05, 0.1) is 7.11 Å². The third kappa shape index (κ3) is 1.97. The van der Waals surface area contributed by atoms with Gasteiger partial charge in [-0.1, -0.05) is 0 Å². The van der Waals surface area contributed by atoms with E-state index in [-0.39, 0.29) is 12.0 Å². The highest BCUT2D eigenvalue weighted by Crippen LogP contribution is 2.39. The Hall–Kier alpha value is -0.610. The minimum atomic E-state index is -0.0299. The van der Waals surface area contributed by atoms with Crippen LogP contribution in [0.3, 0.4) is 0 Å². The highest BCUT2D eigenvalue weighted by atomic mass is 16.5. The predicted octanol–water partition coefficient (Wildman–Crippen LogP) is 0.622. The van der Waals surface area contributed by atoms with Crippen molar-refractivity contribution in [3.05, 3.63) is 0 Å². The summed E-state index contributed by atoms with van der Waals surface area (Å²) in [6.07, 6.45) is 4.66. The summed E-state index contributed by atoms with van der Waals surface area (Å²) < 4.78 is 4.92. The minimum Gasteiger partial charge on any atom is -0.468 e. The molecule has 1 aliphatic carbocycles. The Morgan fingerprint density at radius 1 is 1.29 bits per heavy atom. The average Bonchev–Trinajstić information content (AvgIpc) is 3.00. The van der Waals surface area contributed by atoms with E-state index in [0.29, 0.717) is 6.04 Å². The van der Waals surface area contributed by atoms with Crippen LogP contribution in [-0.4, -0.2) is 49.7 Å². The number of fused-ring (bicyclic) bond motifs is 1. The Bertz CT molecular complexity index is 296. The molecule has 0 bridgehead atoms. The number of ether oxygens (including phenoxy) is 1. The van der Waals surface area contributed by atoms with Crippen LogP contribution in [-0.2, 0) is 9.53 Å². The van der Waals surface area contributed by atoms with Crippen molar-refractivity contribution in [2.75, 3.05) is 26.7 Å². The molecule has 1 N–H and O–H groups in total. The molecular formula is C13H22N2O2. The largest absolute Gasteiger partial charge is 0.468 e. The quantitative estimate of drug-likeness (QED) is 0.716. The molecule has 0 aromatic heterocycles. The van der Waals surface area contributed by atoms with Crippen molar-refractivity contribution in [3.8, 4) is 0 Å². The maximum atomic E-state index is 11.8. The number of methoxy groups -OCH3 is 1. The SMILES string of the molecule is COC(=O)[C@@H]1CCCN1C1C[C@H]2CNC[C@H]2C1. The second-order valence-electron chi connectivity index (χ2n) is 5.72. The monoisotopic (exact) mass is 238 g/mol. The highest BCUT2D eigenvalue weighted by molar-refractivity contribution is 5.76. The number of carbonyl (C=O) groups excluding carboxylic acids is 1. The molecule has 2 heterocycles. The average molecular weight is 238 g/mol. The first kappa shape index (κ1) is 11.5. The van der Waals surface area contributed by atoms with Crippen LogP contribution in [0, 0.1) is 11.8 Å². The summed E-state index contributed by atoms with van der Waals surface area (Å²) in [6, 6.07) is 0.662. The first-order chi connectivity index (χ1) is 8.29. The van der Waals surface area contributed by atoms with Crippen molar-refractivity contribution in [3.63, 3.8) is 0 Å². The van der Waals surface area contributed by atoms with Gasteiger partial charge in [-0.05, 0) is 57.2 Å². The lowest BCUT2D eigenvalue weighted by Crippen LogP contribution is -2.43. The predicted molar refractivity (Wildman–Crippen MR) is 64.6 cm³/mol. The number of nitrogens with one attached hydrogen (secondary N) is 1. The van der Waals surface area contributed by atoms with Gasteiger partial charge in [-0.25, -0.2) is 0 Å². The van der Waals surface area contributed by atoms with E-state index in [0.717, 1.165) is 31.2 Å². The molecule has 2 saturated heterocycles. The van der Waals surface area contributed by atoms with Gasteiger partial charge in [-0.2, -0.15) is 0 Å². The normalized spacial score (nSPS) is 41.7. The van der Waals surface area contributed by atoms with Crippen LogP contribution in [0.25, 0.3) is 0 Å². The second-order valence-corrected chi connectivity index (χ2v) is 5.72. The Labute approximate surface area is 103 Å². The summed E-state index contributed by atoms with van der Waals surface area (Å²) in [5.74, 6) is 1.66. The molecule has 3 rings (SSSR count). The Kier molecular flexibility index (Phi) is 3.09. The molecule has 0 spiro atoms. The Balaban J connectivity index is 1.66. The third-order valence-electron chi connectivity index (χ3n) is 4.87. The topological polar surface area (TPSA) is 41.6 Å². The second kappa shape index (κ2) is 4.58. The van der Waals surface area contributed by atoms with Gasteiger partial charge >= 0.3 is 5.97 Å². The van der Waals surface area contributed by atoms with Gasteiger partial charge in [-0.3, -0.25) is 9.69 Å². The molecule has 1 saturated carbocycles. The standard InChI is InChI=1S/C13H22N2O2/c1-17-13(16)12-3-2-4-15(12)11-5-9-7-14-8-10(9)6-11/h9-12,14H,2-8H2,1H3/t9-,10+,11?,12-/m0/s1. The first-order valence-corrected chi connectivity index (χ1v) is 6.84. The number of likely N-dealkylation sites (tertiary alicyclic amines) is 1. The van der Waals surface area contributed by atoms with Gasteiger partial charge in [0.15, 0.2) is 0 Å². The van der Waals surface area contributed by atoms with Crippen molar-refractivity contribution >= 4 is 5.97 Å². The highest BCUT2D eigenvalue weighted by Gasteiger charge is 2.44. The lowest BCUT2D eigenvalue weighted by Gasteiger charge is -2.29. The van der Waals surface area contributed by atoms with Crippen LogP contribution in [0.2, 0.25) is 0 Å². The summed E-state index contributed by atoms with van der Waals surface area (Å²) in [7, 11) is 1.51. The number of esters is 1. The Morgan fingerprint density at radius 2 is 2.00 bits per heavy atom. The van der Waals surface area contributed by atoms with Crippen LogP contribution in [0.1, 0.15) is 25.7 Å². The summed E-state index contributed by atoms with van der Waals surface area (Å²) in [6.45, 7) is 3.44. The molecule has 3 aliphatic rings. The first-order valence-electron chi connectivity index (χ1n) is 6.84. The Morgan fingerprint density at radius 3 is 2.65 bits per heavy atom. The van der Waals surface area contributed by atoms with Crippen molar-refractivity contribution in [2.24, 2.45) is 11.8 Å². The molecule has 4 atom stereocenters. The van der Waals surface area contributed by atoms with Gasteiger partial charge in [0.1, 0.15) is 6.04 Å². The molecule has 2 aliphatic heterocycles. The maximum Gasteiger partial charge on any atom is 0.323 e. The summed E-state index contributed by atoms with van der Waals surface area (Å²) in [5, 5.41) is 3.47. The molecule has 17 heavy (non-hydrogen) atoms. The van der Waals surface area contributed by atoms with E-state index in [1.807, 2.05) is 0 Å². The van der Waals surface area contributed by atoms with Gasteiger partial charge in [0, 0.05) is 6.04 Å².